The Morgan fingerprint density at radius 2 is 1.71 bits per heavy atom. The summed E-state index contributed by atoms with van der Waals surface area (Å²) in [4.78, 5) is 12.2. The van der Waals surface area contributed by atoms with Gasteiger partial charge in [0.15, 0.2) is 9.84 Å². The van der Waals surface area contributed by atoms with Crippen molar-refractivity contribution in [1.29, 1.82) is 0 Å². The van der Waals surface area contributed by atoms with Crippen LogP contribution < -0.4 is 10.6 Å². The summed E-state index contributed by atoms with van der Waals surface area (Å²) in [7, 11) is -3.26. The van der Waals surface area contributed by atoms with Crippen LogP contribution in [0.4, 0.5) is 11.4 Å². The Morgan fingerprint density at radius 1 is 1.04 bits per heavy atom. The highest BCUT2D eigenvalue weighted by Crippen LogP contribution is 2.17. The Labute approximate surface area is 143 Å². The largest absolute Gasteiger partial charge is 0.376 e. The summed E-state index contributed by atoms with van der Waals surface area (Å²) in [5, 5.41) is 5.73. The molecule has 0 aliphatic carbocycles. The van der Waals surface area contributed by atoms with Gasteiger partial charge in [0.2, 0.25) is 5.91 Å². The molecular weight excluding hydrogens is 324 g/mol. The van der Waals surface area contributed by atoms with Gasteiger partial charge in [-0.25, -0.2) is 8.42 Å². The lowest BCUT2D eigenvalue weighted by atomic mass is 10.0. The molecule has 2 aromatic carbocycles. The molecule has 0 unspecified atom stereocenters. The van der Waals surface area contributed by atoms with Gasteiger partial charge in [0, 0.05) is 17.6 Å². The minimum atomic E-state index is -3.26. The van der Waals surface area contributed by atoms with Crippen molar-refractivity contribution >= 4 is 27.1 Å². The molecule has 2 aromatic rings. The van der Waals surface area contributed by atoms with Gasteiger partial charge < -0.3 is 10.6 Å². The van der Waals surface area contributed by atoms with Crippen LogP contribution in [0.1, 0.15) is 25.3 Å². The second-order valence-electron chi connectivity index (χ2n) is 5.98. The molecule has 0 spiro atoms. The maximum Gasteiger partial charge on any atom is 0.243 e. The van der Waals surface area contributed by atoms with E-state index in [1.54, 1.807) is 12.1 Å². The number of sulfone groups is 1. The van der Waals surface area contributed by atoms with E-state index in [-0.39, 0.29) is 17.3 Å². The average Bonchev–Trinajstić information content (AvgIpc) is 2.53. The second kappa shape index (κ2) is 7.49. The van der Waals surface area contributed by atoms with Crippen LogP contribution in [0, 0.1) is 0 Å². The molecule has 24 heavy (non-hydrogen) atoms. The van der Waals surface area contributed by atoms with Crippen LogP contribution in [0.15, 0.2) is 53.4 Å². The van der Waals surface area contributed by atoms with E-state index in [1.165, 1.54) is 17.7 Å². The fraction of sp³-hybridized carbons (Fsp3) is 0.278. The van der Waals surface area contributed by atoms with E-state index in [4.69, 9.17) is 0 Å². The topological polar surface area (TPSA) is 75.3 Å². The van der Waals surface area contributed by atoms with Crippen LogP contribution >= 0.6 is 0 Å². The highest BCUT2D eigenvalue weighted by atomic mass is 32.2. The van der Waals surface area contributed by atoms with Crippen LogP contribution in [-0.4, -0.2) is 27.1 Å². The molecule has 6 heteroatoms. The van der Waals surface area contributed by atoms with Crippen molar-refractivity contribution in [3.63, 3.8) is 0 Å². The molecule has 1 amide bonds. The molecule has 0 aliphatic heterocycles. The third kappa shape index (κ3) is 5.09. The van der Waals surface area contributed by atoms with Crippen molar-refractivity contribution in [1.82, 2.24) is 0 Å². The number of benzene rings is 2. The van der Waals surface area contributed by atoms with Gasteiger partial charge >= 0.3 is 0 Å². The summed E-state index contributed by atoms with van der Waals surface area (Å²) in [6.07, 6.45) is 1.15. The van der Waals surface area contributed by atoms with Crippen molar-refractivity contribution < 1.29 is 13.2 Å². The second-order valence-corrected chi connectivity index (χ2v) is 7.99. The Bertz CT molecular complexity index is 812. The standard InChI is InChI=1S/C18H22N2O3S/c1-13(2)14-7-9-15(10-8-14)20-18(21)12-19-16-5-4-6-17(11-16)24(3,22)23/h4-11,13,19H,12H2,1-3H3,(H,20,21). The van der Waals surface area contributed by atoms with E-state index >= 15 is 0 Å². The van der Waals surface area contributed by atoms with Gasteiger partial charge in [-0.1, -0.05) is 32.0 Å². The third-order valence-electron chi connectivity index (χ3n) is 3.58. The first kappa shape index (κ1) is 18.0. The zero-order valence-corrected chi connectivity index (χ0v) is 14.9. The van der Waals surface area contributed by atoms with Crippen LogP contribution in [0.25, 0.3) is 0 Å². The van der Waals surface area contributed by atoms with Crippen LogP contribution in [0.2, 0.25) is 0 Å². The van der Waals surface area contributed by atoms with Crippen molar-refractivity contribution in [2.45, 2.75) is 24.7 Å². The average molecular weight is 346 g/mol. The zero-order valence-electron chi connectivity index (χ0n) is 14.0. The summed E-state index contributed by atoms with van der Waals surface area (Å²) < 4.78 is 23.1. The molecule has 2 N–H and O–H groups in total. The molecule has 0 atom stereocenters. The van der Waals surface area contributed by atoms with Gasteiger partial charge in [-0.2, -0.15) is 0 Å². The highest BCUT2D eigenvalue weighted by Gasteiger charge is 2.08. The molecule has 0 saturated heterocycles. The van der Waals surface area contributed by atoms with Crippen LogP contribution in [0.3, 0.4) is 0 Å². The maximum absolute atomic E-state index is 12.0. The normalized spacial score (nSPS) is 11.3. The van der Waals surface area contributed by atoms with Crippen molar-refractivity contribution in [2.75, 3.05) is 23.4 Å². The number of hydrogen-bond donors (Lipinski definition) is 2. The Hall–Kier alpha value is -2.34. The molecule has 0 aliphatic rings. The first-order valence-corrected chi connectivity index (χ1v) is 9.58. The van der Waals surface area contributed by atoms with Crippen molar-refractivity contribution in [3.05, 3.63) is 54.1 Å². The molecule has 0 saturated carbocycles. The summed E-state index contributed by atoms with van der Waals surface area (Å²) in [6, 6.07) is 14.1. The molecule has 5 nitrogen and oxygen atoms in total. The summed E-state index contributed by atoms with van der Waals surface area (Å²) in [5.74, 6) is 0.246. The molecule has 0 aromatic heterocycles. The lowest BCUT2D eigenvalue weighted by Gasteiger charge is -2.10. The predicted octanol–water partition coefficient (Wildman–Crippen LogP) is 3.26. The number of anilines is 2. The number of carbonyl (C=O) groups is 1. The van der Waals surface area contributed by atoms with Crippen LogP contribution in [-0.2, 0) is 14.6 Å². The van der Waals surface area contributed by atoms with E-state index in [0.717, 1.165) is 11.9 Å². The SMILES string of the molecule is CC(C)c1ccc(NC(=O)CNc2cccc(S(C)(=O)=O)c2)cc1. The van der Waals surface area contributed by atoms with E-state index < -0.39 is 9.84 Å². The van der Waals surface area contributed by atoms with E-state index in [0.29, 0.717) is 11.6 Å². The smallest absolute Gasteiger partial charge is 0.243 e. The van der Waals surface area contributed by atoms with Crippen molar-refractivity contribution in [2.24, 2.45) is 0 Å². The fourth-order valence-corrected chi connectivity index (χ4v) is 2.84. The number of rotatable bonds is 6. The molecule has 128 valence electrons. The lowest BCUT2D eigenvalue weighted by molar-refractivity contribution is -0.114. The molecule has 0 bridgehead atoms. The monoisotopic (exact) mass is 346 g/mol. The van der Waals surface area contributed by atoms with Gasteiger partial charge in [-0.3, -0.25) is 4.79 Å². The van der Waals surface area contributed by atoms with Gasteiger partial charge in [-0.05, 0) is 41.8 Å². The van der Waals surface area contributed by atoms with Crippen molar-refractivity contribution in [3.8, 4) is 0 Å². The molecule has 0 radical (unpaired) electrons. The molecule has 0 fully saturated rings. The Kier molecular flexibility index (Phi) is 5.62. The lowest BCUT2D eigenvalue weighted by Crippen LogP contribution is -2.21. The minimum absolute atomic E-state index is 0.0547. The fourth-order valence-electron chi connectivity index (χ4n) is 2.18. The summed E-state index contributed by atoms with van der Waals surface area (Å²) in [6.45, 7) is 4.28. The Morgan fingerprint density at radius 3 is 2.29 bits per heavy atom. The molecule has 0 heterocycles. The first-order chi connectivity index (χ1) is 11.3. The minimum Gasteiger partial charge on any atom is -0.376 e. The van der Waals surface area contributed by atoms with E-state index in [1.807, 2.05) is 24.3 Å². The molecular formula is C18H22N2O3S. The summed E-state index contributed by atoms with van der Waals surface area (Å²) >= 11 is 0. The number of carbonyl (C=O) groups excluding carboxylic acids is 1. The van der Waals surface area contributed by atoms with Gasteiger partial charge in [0.05, 0.1) is 11.4 Å². The number of amides is 1. The number of hydrogen-bond acceptors (Lipinski definition) is 4. The number of nitrogens with one attached hydrogen (secondary N) is 2. The van der Waals surface area contributed by atoms with Gasteiger partial charge in [0.1, 0.15) is 0 Å². The third-order valence-corrected chi connectivity index (χ3v) is 4.69. The zero-order chi connectivity index (χ0) is 17.7. The maximum atomic E-state index is 12.0. The quantitative estimate of drug-likeness (QED) is 0.842. The van der Waals surface area contributed by atoms with E-state index in [9.17, 15) is 13.2 Å². The van der Waals surface area contributed by atoms with Gasteiger partial charge in [0.25, 0.3) is 0 Å². The summed E-state index contributed by atoms with van der Waals surface area (Å²) in [5.41, 5.74) is 2.53. The first-order valence-electron chi connectivity index (χ1n) is 7.69. The van der Waals surface area contributed by atoms with Gasteiger partial charge in [-0.15, -0.1) is 0 Å². The van der Waals surface area contributed by atoms with E-state index in [2.05, 4.69) is 24.5 Å². The Balaban J connectivity index is 1.94. The molecule has 2 rings (SSSR count). The van der Waals surface area contributed by atoms with Crippen LogP contribution in [0.5, 0.6) is 0 Å². The predicted molar refractivity (Wildman–Crippen MR) is 97.2 cm³/mol. The highest BCUT2D eigenvalue weighted by molar-refractivity contribution is 7.90.